The Morgan fingerprint density at radius 2 is 1.74 bits per heavy atom. The maximum atomic E-state index is 13.9. The van der Waals surface area contributed by atoms with Crippen molar-refractivity contribution in [2.45, 2.75) is 11.8 Å². The van der Waals surface area contributed by atoms with Crippen molar-refractivity contribution >= 4 is 43.5 Å². The first-order chi connectivity index (χ1) is 8.90. The van der Waals surface area contributed by atoms with Gasteiger partial charge in [-0.05, 0) is 36.2 Å². The maximum Gasteiger partial charge on any atom is 0.129 e. The van der Waals surface area contributed by atoms with E-state index in [1.54, 1.807) is 25.1 Å². The van der Waals surface area contributed by atoms with Gasteiger partial charge in [0.2, 0.25) is 0 Å². The second-order valence-corrected chi connectivity index (χ2v) is 6.39. The third-order valence-corrected chi connectivity index (χ3v) is 4.59. The monoisotopic (exact) mass is 408 g/mol. The predicted octanol–water partition coefficient (Wildman–Crippen LogP) is 6.17. The molecule has 19 heavy (non-hydrogen) atoms. The van der Waals surface area contributed by atoms with E-state index in [0.717, 1.165) is 0 Å². The van der Waals surface area contributed by atoms with E-state index in [4.69, 9.17) is 11.6 Å². The Kier molecular flexibility index (Phi) is 4.64. The Balaban J connectivity index is 2.49. The second-order valence-electron chi connectivity index (χ2n) is 4.15. The van der Waals surface area contributed by atoms with Crippen LogP contribution < -0.4 is 0 Å². The molecule has 2 aromatic rings. The second kappa shape index (κ2) is 5.90. The summed E-state index contributed by atoms with van der Waals surface area (Å²) >= 11 is 12.7. The molecule has 2 aromatic carbocycles. The Morgan fingerprint density at radius 3 is 2.37 bits per heavy atom. The van der Waals surface area contributed by atoms with Crippen molar-refractivity contribution in [3.63, 3.8) is 0 Å². The average molecular weight is 410 g/mol. The van der Waals surface area contributed by atoms with E-state index < -0.39 is 4.83 Å². The van der Waals surface area contributed by atoms with E-state index in [1.807, 2.05) is 0 Å². The highest BCUT2D eigenvalue weighted by molar-refractivity contribution is 9.10. The molecular formula is C14H9Br2ClF2. The highest BCUT2D eigenvalue weighted by Gasteiger charge is 2.19. The molecule has 0 N–H and O–H groups in total. The first-order valence-electron chi connectivity index (χ1n) is 5.44. The third-order valence-electron chi connectivity index (χ3n) is 2.79. The van der Waals surface area contributed by atoms with Gasteiger partial charge in [0.15, 0.2) is 0 Å². The van der Waals surface area contributed by atoms with E-state index in [9.17, 15) is 8.78 Å². The van der Waals surface area contributed by atoms with Gasteiger partial charge in [0.05, 0.1) is 4.83 Å². The molecule has 0 aliphatic heterocycles. The van der Waals surface area contributed by atoms with Gasteiger partial charge in [-0.25, -0.2) is 8.78 Å². The van der Waals surface area contributed by atoms with Crippen LogP contribution in [-0.4, -0.2) is 0 Å². The average Bonchev–Trinajstić information content (AvgIpc) is 2.33. The zero-order chi connectivity index (χ0) is 14.2. The minimum absolute atomic E-state index is 0.271. The molecule has 0 spiro atoms. The maximum absolute atomic E-state index is 13.9. The van der Waals surface area contributed by atoms with Crippen LogP contribution >= 0.6 is 43.5 Å². The van der Waals surface area contributed by atoms with Crippen LogP contribution in [0.3, 0.4) is 0 Å². The van der Waals surface area contributed by atoms with E-state index in [2.05, 4.69) is 31.9 Å². The lowest BCUT2D eigenvalue weighted by Crippen LogP contribution is -1.99. The Hall–Kier alpha value is -0.450. The molecule has 0 amide bonds. The van der Waals surface area contributed by atoms with Gasteiger partial charge < -0.3 is 0 Å². The van der Waals surface area contributed by atoms with E-state index in [1.165, 1.54) is 12.1 Å². The molecule has 5 heteroatoms. The Labute approximate surface area is 132 Å². The molecule has 0 aliphatic rings. The highest BCUT2D eigenvalue weighted by atomic mass is 79.9. The summed E-state index contributed by atoms with van der Waals surface area (Å²) in [6, 6.07) is 7.66. The normalized spacial score (nSPS) is 12.5. The summed E-state index contributed by atoms with van der Waals surface area (Å²) in [5, 5.41) is 0.271. The number of benzene rings is 2. The number of hydrogen-bond acceptors (Lipinski definition) is 0. The van der Waals surface area contributed by atoms with Gasteiger partial charge in [-0.1, -0.05) is 55.6 Å². The van der Waals surface area contributed by atoms with Gasteiger partial charge in [-0.3, -0.25) is 0 Å². The van der Waals surface area contributed by atoms with Crippen molar-refractivity contribution in [2.75, 3.05) is 0 Å². The first-order valence-corrected chi connectivity index (χ1v) is 7.53. The number of hydrogen-bond donors (Lipinski definition) is 0. The predicted molar refractivity (Wildman–Crippen MR) is 81.0 cm³/mol. The van der Waals surface area contributed by atoms with E-state index in [-0.39, 0.29) is 16.7 Å². The largest absolute Gasteiger partial charge is 0.207 e. The topological polar surface area (TPSA) is 0 Å². The van der Waals surface area contributed by atoms with Gasteiger partial charge in [0.1, 0.15) is 11.6 Å². The van der Waals surface area contributed by atoms with Crippen LogP contribution in [0.4, 0.5) is 8.78 Å². The quantitative estimate of drug-likeness (QED) is 0.519. The molecule has 0 saturated carbocycles. The van der Waals surface area contributed by atoms with Gasteiger partial charge in [0.25, 0.3) is 0 Å². The van der Waals surface area contributed by atoms with E-state index in [0.29, 0.717) is 21.2 Å². The summed E-state index contributed by atoms with van der Waals surface area (Å²) in [6.07, 6.45) is 0. The van der Waals surface area contributed by atoms with Gasteiger partial charge in [-0.2, -0.15) is 0 Å². The summed E-state index contributed by atoms with van der Waals surface area (Å²) in [5.41, 5.74) is 1.57. The zero-order valence-corrected chi connectivity index (χ0v) is 13.8. The molecule has 0 aromatic heterocycles. The van der Waals surface area contributed by atoms with E-state index >= 15 is 0 Å². The molecule has 0 radical (unpaired) electrons. The number of rotatable bonds is 2. The Bertz CT molecular complexity index is 629. The lowest BCUT2D eigenvalue weighted by atomic mass is 10.0. The number of alkyl halides is 1. The van der Waals surface area contributed by atoms with Crippen LogP contribution in [0.5, 0.6) is 0 Å². The summed E-state index contributed by atoms with van der Waals surface area (Å²) in [4.78, 5) is -0.424. The van der Waals surface area contributed by atoms with Crippen molar-refractivity contribution in [3.05, 3.63) is 68.2 Å². The fourth-order valence-electron chi connectivity index (χ4n) is 1.75. The standard InChI is InChI=1S/C14H9Br2ClF2/c1-7-4-10(11(17)6-12(7)18)14(16)9-3-2-8(15)5-13(9)19/h2-6,14H,1H3. The van der Waals surface area contributed by atoms with Crippen LogP contribution in [0.15, 0.2) is 34.8 Å². The molecule has 2 rings (SSSR count). The molecule has 1 unspecified atom stereocenters. The van der Waals surface area contributed by atoms with Crippen LogP contribution in [0.2, 0.25) is 5.02 Å². The summed E-state index contributed by atoms with van der Waals surface area (Å²) < 4.78 is 28.0. The molecular weight excluding hydrogens is 401 g/mol. The molecule has 0 nitrogen and oxygen atoms in total. The minimum Gasteiger partial charge on any atom is -0.207 e. The SMILES string of the molecule is Cc1cc(C(Br)c2ccc(Br)cc2F)c(Cl)cc1F. The van der Waals surface area contributed by atoms with Crippen LogP contribution in [-0.2, 0) is 0 Å². The van der Waals surface area contributed by atoms with Gasteiger partial charge in [-0.15, -0.1) is 0 Å². The minimum atomic E-state index is -0.424. The van der Waals surface area contributed by atoms with Gasteiger partial charge in [0, 0.05) is 15.1 Å². The lowest BCUT2D eigenvalue weighted by molar-refractivity contribution is 0.611. The summed E-state index contributed by atoms with van der Waals surface area (Å²) in [6.45, 7) is 1.65. The molecule has 0 bridgehead atoms. The van der Waals surface area contributed by atoms with Crippen molar-refractivity contribution in [2.24, 2.45) is 0 Å². The number of aryl methyl sites for hydroxylation is 1. The summed E-state index contributed by atoms with van der Waals surface area (Å²) in [5.74, 6) is -0.723. The molecule has 0 saturated heterocycles. The van der Waals surface area contributed by atoms with Crippen LogP contribution in [0.1, 0.15) is 21.5 Å². The molecule has 0 heterocycles. The first kappa shape index (κ1) is 14.9. The molecule has 0 fully saturated rings. The van der Waals surface area contributed by atoms with Gasteiger partial charge >= 0.3 is 0 Å². The smallest absolute Gasteiger partial charge is 0.129 e. The zero-order valence-electron chi connectivity index (χ0n) is 9.85. The fourth-order valence-corrected chi connectivity index (χ4v) is 3.22. The van der Waals surface area contributed by atoms with Crippen molar-refractivity contribution in [3.8, 4) is 0 Å². The van der Waals surface area contributed by atoms with Crippen molar-refractivity contribution in [1.82, 2.24) is 0 Å². The molecule has 100 valence electrons. The molecule has 1 atom stereocenters. The van der Waals surface area contributed by atoms with Crippen molar-refractivity contribution in [1.29, 1.82) is 0 Å². The van der Waals surface area contributed by atoms with Crippen LogP contribution in [0, 0.1) is 18.6 Å². The highest BCUT2D eigenvalue weighted by Crippen LogP contribution is 2.38. The lowest BCUT2D eigenvalue weighted by Gasteiger charge is -2.15. The summed E-state index contributed by atoms with van der Waals surface area (Å²) in [7, 11) is 0. The molecule has 0 aliphatic carbocycles. The number of halogens is 5. The third kappa shape index (κ3) is 3.18. The van der Waals surface area contributed by atoms with Crippen LogP contribution in [0.25, 0.3) is 0 Å². The van der Waals surface area contributed by atoms with Crippen molar-refractivity contribution < 1.29 is 8.78 Å². The Morgan fingerprint density at radius 1 is 1.05 bits per heavy atom. The fraction of sp³-hybridized carbons (Fsp3) is 0.143.